The summed E-state index contributed by atoms with van der Waals surface area (Å²) in [5.74, 6) is 1.96. The molecule has 2 atom stereocenters. The van der Waals surface area contributed by atoms with Crippen LogP contribution in [-0.4, -0.2) is 39.6 Å². The Hall–Kier alpha value is -3.32. The molecule has 3 aromatic carbocycles. The normalized spacial score (nSPS) is 17.5. The van der Waals surface area contributed by atoms with E-state index in [2.05, 4.69) is 12.1 Å². The Balaban J connectivity index is 1.75. The van der Waals surface area contributed by atoms with Crippen molar-refractivity contribution < 1.29 is 23.7 Å². The van der Waals surface area contributed by atoms with Crippen LogP contribution >= 0.6 is 11.8 Å². The summed E-state index contributed by atoms with van der Waals surface area (Å²) in [5, 5.41) is 0. The number of hydrogen-bond donors (Lipinski definition) is 0. The van der Waals surface area contributed by atoms with Crippen molar-refractivity contribution in [3.8, 4) is 23.0 Å². The smallest absolute Gasteiger partial charge is 0.271 e. The maximum absolute atomic E-state index is 13.3. The number of thioether (sulfide) groups is 1. The second-order valence-corrected chi connectivity index (χ2v) is 8.04. The number of nitrogens with zero attached hydrogens (tertiary/aromatic N) is 1. The van der Waals surface area contributed by atoms with Gasteiger partial charge in [-0.05, 0) is 36.1 Å². The molecule has 1 aliphatic rings. The molecule has 1 amide bonds. The van der Waals surface area contributed by atoms with Gasteiger partial charge in [-0.1, -0.05) is 30.3 Å². The number of benzene rings is 3. The maximum Gasteiger partial charge on any atom is 0.271 e. The first-order valence-corrected chi connectivity index (χ1v) is 11.3. The highest BCUT2D eigenvalue weighted by Gasteiger charge is 2.51. The molecule has 1 aliphatic heterocycles. The number of rotatable bonds is 8. The van der Waals surface area contributed by atoms with Crippen molar-refractivity contribution in [3.05, 3.63) is 72.3 Å². The van der Waals surface area contributed by atoms with Crippen molar-refractivity contribution in [1.82, 2.24) is 0 Å². The summed E-state index contributed by atoms with van der Waals surface area (Å²) in [6, 6.07) is 20.8. The monoisotopic (exact) mass is 451 g/mol. The van der Waals surface area contributed by atoms with Crippen molar-refractivity contribution in [2.45, 2.75) is 17.0 Å². The van der Waals surface area contributed by atoms with Gasteiger partial charge in [-0.15, -0.1) is 11.8 Å². The van der Waals surface area contributed by atoms with Crippen LogP contribution in [0, 0.1) is 0 Å². The minimum atomic E-state index is -0.642. The van der Waals surface area contributed by atoms with Gasteiger partial charge in [-0.25, -0.2) is 0 Å². The van der Waals surface area contributed by atoms with Crippen molar-refractivity contribution in [2.24, 2.45) is 0 Å². The van der Waals surface area contributed by atoms with Crippen LogP contribution in [0.2, 0.25) is 0 Å². The molecular formula is C25H25NO5S. The largest absolute Gasteiger partial charge is 0.493 e. The summed E-state index contributed by atoms with van der Waals surface area (Å²) in [7, 11) is 4.66. The Labute approximate surface area is 192 Å². The van der Waals surface area contributed by atoms with Crippen molar-refractivity contribution in [1.29, 1.82) is 0 Å². The van der Waals surface area contributed by atoms with Crippen LogP contribution in [0.5, 0.6) is 23.0 Å². The zero-order chi connectivity index (χ0) is 22.7. The van der Waals surface area contributed by atoms with Crippen molar-refractivity contribution in [2.75, 3.05) is 32.5 Å². The molecule has 1 saturated heterocycles. The van der Waals surface area contributed by atoms with Crippen molar-refractivity contribution >= 4 is 23.4 Å². The van der Waals surface area contributed by atoms with Crippen LogP contribution in [0.1, 0.15) is 11.6 Å². The fourth-order valence-corrected chi connectivity index (χ4v) is 4.25. The molecule has 7 heteroatoms. The Morgan fingerprint density at radius 1 is 0.844 bits per heavy atom. The van der Waals surface area contributed by atoms with Gasteiger partial charge in [0.25, 0.3) is 5.91 Å². The van der Waals surface area contributed by atoms with E-state index in [-0.39, 0.29) is 11.9 Å². The zero-order valence-corrected chi connectivity index (χ0v) is 19.2. The van der Waals surface area contributed by atoms with Crippen LogP contribution in [0.25, 0.3) is 0 Å². The summed E-state index contributed by atoms with van der Waals surface area (Å²) < 4.78 is 22.5. The SMILES string of the molecule is COc1cc(N2C(=O)C(Oc3ccccc3)C2c2ccc(SC)cc2)cc(OC)c1OC. The van der Waals surface area contributed by atoms with Gasteiger partial charge in [-0.2, -0.15) is 0 Å². The van der Waals surface area contributed by atoms with E-state index < -0.39 is 6.10 Å². The third-order valence-corrected chi connectivity index (χ3v) is 6.18. The topological polar surface area (TPSA) is 57.2 Å². The average Bonchev–Trinajstić information content (AvgIpc) is 2.85. The number of carbonyl (C=O) groups excluding carboxylic acids is 1. The highest BCUT2D eigenvalue weighted by molar-refractivity contribution is 7.98. The number of para-hydroxylation sites is 1. The van der Waals surface area contributed by atoms with Crippen LogP contribution in [0.4, 0.5) is 5.69 Å². The molecule has 0 aromatic heterocycles. The number of methoxy groups -OCH3 is 3. The quantitative estimate of drug-likeness (QED) is 0.356. The number of hydrogen-bond acceptors (Lipinski definition) is 6. The Bertz CT molecular complexity index is 1060. The molecule has 1 heterocycles. The summed E-state index contributed by atoms with van der Waals surface area (Å²) >= 11 is 1.67. The molecule has 6 nitrogen and oxygen atoms in total. The van der Waals surface area contributed by atoms with E-state index in [1.54, 1.807) is 50.1 Å². The molecule has 0 N–H and O–H groups in total. The van der Waals surface area contributed by atoms with Gasteiger partial charge in [0.1, 0.15) is 11.8 Å². The van der Waals surface area contributed by atoms with Crippen LogP contribution in [0.15, 0.2) is 71.6 Å². The second kappa shape index (κ2) is 9.44. The summed E-state index contributed by atoms with van der Waals surface area (Å²) in [6.45, 7) is 0. The van der Waals surface area contributed by atoms with Crippen LogP contribution in [0.3, 0.4) is 0 Å². The van der Waals surface area contributed by atoms with Gasteiger partial charge in [0, 0.05) is 17.0 Å². The third kappa shape index (κ3) is 3.96. The number of ether oxygens (including phenoxy) is 4. The summed E-state index contributed by atoms with van der Waals surface area (Å²) in [4.78, 5) is 16.2. The highest BCUT2D eigenvalue weighted by Crippen LogP contribution is 2.47. The lowest BCUT2D eigenvalue weighted by Gasteiger charge is -2.46. The molecule has 0 radical (unpaired) electrons. The van der Waals surface area contributed by atoms with Crippen LogP contribution in [-0.2, 0) is 4.79 Å². The fraction of sp³-hybridized carbons (Fsp3) is 0.240. The van der Waals surface area contributed by atoms with Gasteiger partial charge in [-0.3, -0.25) is 9.69 Å². The van der Waals surface area contributed by atoms with Gasteiger partial charge in [0.2, 0.25) is 11.9 Å². The first kappa shape index (κ1) is 21.9. The number of amides is 1. The van der Waals surface area contributed by atoms with E-state index in [0.717, 1.165) is 10.5 Å². The number of carbonyl (C=O) groups is 1. The molecule has 1 fully saturated rings. The second-order valence-electron chi connectivity index (χ2n) is 7.16. The van der Waals surface area contributed by atoms with Crippen LogP contribution < -0.4 is 23.8 Å². The molecule has 0 saturated carbocycles. The number of β-lactam (4-membered cyclic amide) rings is 1. The fourth-order valence-electron chi connectivity index (χ4n) is 3.84. The molecule has 166 valence electrons. The Morgan fingerprint density at radius 3 is 2.00 bits per heavy atom. The number of anilines is 1. The molecule has 2 unspecified atom stereocenters. The van der Waals surface area contributed by atoms with Gasteiger partial charge in [0.15, 0.2) is 11.5 Å². The predicted molar refractivity (Wildman–Crippen MR) is 125 cm³/mol. The molecule has 0 aliphatic carbocycles. The minimum absolute atomic E-state index is 0.137. The first-order chi connectivity index (χ1) is 15.6. The molecule has 0 spiro atoms. The summed E-state index contributed by atoms with van der Waals surface area (Å²) in [5.41, 5.74) is 1.63. The molecule has 0 bridgehead atoms. The predicted octanol–water partition coefficient (Wildman–Crippen LogP) is 4.97. The van der Waals surface area contributed by atoms with E-state index in [4.69, 9.17) is 18.9 Å². The Morgan fingerprint density at radius 2 is 1.47 bits per heavy atom. The van der Waals surface area contributed by atoms with E-state index in [9.17, 15) is 4.79 Å². The van der Waals surface area contributed by atoms with Gasteiger partial charge >= 0.3 is 0 Å². The van der Waals surface area contributed by atoms with E-state index >= 15 is 0 Å². The molecule has 3 aromatic rings. The zero-order valence-electron chi connectivity index (χ0n) is 18.4. The lowest BCUT2D eigenvalue weighted by Crippen LogP contribution is -2.61. The maximum atomic E-state index is 13.3. The average molecular weight is 452 g/mol. The van der Waals surface area contributed by atoms with E-state index in [0.29, 0.717) is 28.7 Å². The third-order valence-electron chi connectivity index (χ3n) is 5.44. The lowest BCUT2D eigenvalue weighted by atomic mass is 9.89. The molecular weight excluding hydrogens is 426 g/mol. The molecule has 32 heavy (non-hydrogen) atoms. The highest BCUT2D eigenvalue weighted by atomic mass is 32.2. The van der Waals surface area contributed by atoms with Gasteiger partial charge < -0.3 is 18.9 Å². The van der Waals surface area contributed by atoms with E-state index in [1.807, 2.05) is 48.7 Å². The standard InChI is InChI=1S/C25H25NO5S/c1-28-20-14-17(15-21(29-2)23(20)30-3)26-22(16-10-12-19(32-4)13-11-16)24(25(26)27)31-18-8-6-5-7-9-18/h5-15,22,24H,1-4H3. The van der Waals surface area contributed by atoms with Gasteiger partial charge in [0.05, 0.1) is 27.0 Å². The van der Waals surface area contributed by atoms with E-state index in [1.165, 1.54) is 0 Å². The lowest BCUT2D eigenvalue weighted by molar-refractivity contribution is -0.135. The minimum Gasteiger partial charge on any atom is -0.493 e. The Kier molecular flexibility index (Phi) is 6.46. The van der Waals surface area contributed by atoms with Crippen molar-refractivity contribution in [3.63, 3.8) is 0 Å². The first-order valence-electron chi connectivity index (χ1n) is 10.1. The summed E-state index contributed by atoms with van der Waals surface area (Å²) in [6.07, 6.45) is 1.39. The molecule has 4 rings (SSSR count).